The van der Waals surface area contributed by atoms with Crippen molar-refractivity contribution in [1.29, 1.82) is 0 Å². The van der Waals surface area contributed by atoms with E-state index in [0.717, 1.165) is 36.8 Å². The van der Waals surface area contributed by atoms with Crippen LogP contribution >= 0.6 is 23.2 Å². The van der Waals surface area contributed by atoms with Crippen LogP contribution in [-0.4, -0.2) is 14.5 Å². The third-order valence-electron chi connectivity index (χ3n) is 5.11. The molecular formula is C20H15Cl2N3O2. The maximum atomic E-state index is 13.0. The Bertz CT molecular complexity index is 1240. The zero-order valence-electron chi connectivity index (χ0n) is 14.3. The number of aryl methyl sites for hydroxylation is 2. The van der Waals surface area contributed by atoms with Crippen molar-refractivity contribution >= 4 is 45.4 Å². The van der Waals surface area contributed by atoms with Crippen LogP contribution in [0.1, 0.15) is 29.7 Å². The molecule has 0 saturated carbocycles. The van der Waals surface area contributed by atoms with Gasteiger partial charge in [0, 0.05) is 21.3 Å². The van der Waals surface area contributed by atoms with Crippen LogP contribution in [-0.2, 0) is 19.4 Å². The Labute approximate surface area is 164 Å². The fourth-order valence-electron chi connectivity index (χ4n) is 3.68. The first-order chi connectivity index (χ1) is 13.1. The van der Waals surface area contributed by atoms with Crippen LogP contribution in [0.4, 0.5) is 0 Å². The molecule has 1 aliphatic carbocycles. The van der Waals surface area contributed by atoms with E-state index in [2.05, 4.69) is 16.0 Å². The molecule has 7 heteroatoms. The summed E-state index contributed by atoms with van der Waals surface area (Å²) < 4.78 is 7.27. The SMILES string of the molecule is O=c1c2oc3nc4c(cc3c2ncn1Cc1c(Cl)cccc1Cl)CCCC4. The van der Waals surface area contributed by atoms with Gasteiger partial charge in [0.25, 0.3) is 5.56 Å². The van der Waals surface area contributed by atoms with Gasteiger partial charge in [0.2, 0.25) is 11.3 Å². The summed E-state index contributed by atoms with van der Waals surface area (Å²) in [6.07, 6.45) is 5.76. The van der Waals surface area contributed by atoms with Gasteiger partial charge in [0.05, 0.1) is 18.3 Å². The lowest BCUT2D eigenvalue weighted by atomic mass is 9.95. The van der Waals surface area contributed by atoms with Gasteiger partial charge in [0.1, 0.15) is 5.52 Å². The first-order valence-corrected chi connectivity index (χ1v) is 9.61. The second-order valence-electron chi connectivity index (χ2n) is 6.81. The molecule has 0 N–H and O–H groups in total. The zero-order chi connectivity index (χ0) is 18.5. The summed E-state index contributed by atoms with van der Waals surface area (Å²) in [5.74, 6) is 0. The minimum absolute atomic E-state index is 0.213. The number of fused-ring (bicyclic) bond motifs is 4. The topological polar surface area (TPSA) is 60.9 Å². The van der Waals surface area contributed by atoms with E-state index >= 15 is 0 Å². The molecule has 1 aliphatic rings. The van der Waals surface area contributed by atoms with E-state index in [0.29, 0.717) is 26.8 Å². The molecule has 5 nitrogen and oxygen atoms in total. The van der Waals surface area contributed by atoms with Gasteiger partial charge in [-0.15, -0.1) is 0 Å². The van der Waals surface area contributed by atoms with E-state index < -0.39 is 0 Å². The van der Waals surface area contributed by atoms with E-state index in [1.165, 1.54) is 16.5 Å². The second-order valence-corrected chi connectivity index (χ2v) is 7.63. The normalized spacial score (nSPS) is 14.0. The van der Waals surface area contributed by atoms with E-state index in [9.17, 15) is 4.79 Å². The molecule has 4 aromatic rings. The number of furan rings is 1. The molecular weight excluding hydrogens is 385 g/mol. The van der Waals surface area contributed by atoms with Crippen molar-refractivity contribution in [3.8, 4) is 0 Å². The molecule has 5 rings (SSSR count). The van der Waals surface area contributed by atoms with Crippen LogP contribution in [0.5, 0.6) is 0 Å². The smallest absolute Gasteiger partial charge is 0.297 e. The van der Waals surface area contributed by atoms with Gasteiger partial charge in [0.15, 0.2) is 0 Å². The highest BCUT2D eigenvalue weighted by molar-refractivity contribution is 6.36. The summed E-state index contributed by atoms with van der Waals surface area (Å²) in [4.78, 5) is 22.1. The number of halogens is 2. The molecule has 27 heavy (non-hydrogen) atoms. The lowest BCUT2D eigenvalue weighted by molar-refractivity contribution is 0.619. The van der Waals surface area contributed by atoms with Gasteiger partial charge in [-0.3, -0.25) is 9.36 Å². The number of aromatic nitrogens is 3. The molecule has 1 aromatic carbocycles. The highest BCUT2D eigenvalue weighted by Crippen LogP contribution is 2.29. The first kappa shape index (κ1) is 16.8. The summed E-state index contributed by atoms with van der Waals surface area (Å²) in [6, 6.07) is 7.33. The lowest BCUT2D eigenvalue weighted by Crippen LogP contribution is -2.20. The molecule has 0 aliphatic heterocycles. The zero-order valence-corrected chi connectivity index (χ0v) is 15.8. The van der Waals surface area contributed by atoms with Crippen molar-refractivity contribution in [2.45, 2.75) is 32.2 Å². The van der Waals surface area contributed by atoms with Crippen molar-refractivity contribution in [2.75, 3.05) is 0 Å². The number of hydrogen-bond acceptors (Lipinski definition) is 4. The maximum absolute atomic E-state index is 13.0. The van der Waals surface area contributed by atoms with Crippen molar-refractivity contribution < 1.29 is 4.42 Å². The Morgan fingerprint density at radius 2 is 1.93 bits per heavy atom. The molecule has 0 amide bonds. The summed E-state index contributed by atoms with van der Waals surface area (Å²) >= 11 is 12.5. The van der Waals surface area contributed by atoms with Gasteiger partial charge in [-0.05, 0) is 49.4 Å². The van der Waals surface area contributed by atoms with Crippen LogP contribution in [0.3, 0.4) is 0 Å². The molecule has 0 radical (unpaired) electrons. The van der Waals surface area contributed by atoms with Crippen LogP contribution in [0.15, 0.2) is 39.8 Å². The number of rotatable bonds is 2. The van der Waals surface area contributed by atoms with Gasteiger partial charge in [-0.2, -0.15) is 0 Å². The fourth-order valence-corrected chi connectivity index (χ4v) is 4.20. The minimum atomic E-state index is -0.271. The van der Waals surface area contributed by atoms with Crippen LogP contribution in [0.25, 0.3) is 22.2 Å². The lowest BCUT2D eigenvalue weighted by Gasteiger charge is -2.13. The Morgan fingerprint density at radius 1 is 1.15 bits per heavy atom. The molecule has 0 bridgehead atoms. The molecule has 0 fully saturated rings. The standard InChI is InChI=1S/C20H15Cl2N3O2/c21-14-5-3-6-15(22)13(14)9-25-10-23-17-12-8-11-4-1-2-7-16(11)24-19(12)27-18(17)20(25)26/h3,5-6,8,10H,1-2,4,7,9H2. The Balaban J connectivity index is 1.67. The average Bonchev–Trinajstić information content (AvgIpc) is 3.03. The summed E-state index contributed by atoms with van der Waals surface area (Å²) in [7, 11) is 0. The largest absolute Gasteiger partial charge is 0.430 e. The summed E-state index contributed by atoms with van der Waals surface area (Å²) in [5.41, 5.74) is 3.94. The third-order valence-corrected chi connectivity index (χ3v) is 5.81. The highest BCUT2D eigenvalue weighted by atomic mass is 35.5. The number of pyridine rings is 1. The number of hydrogen-bond donors (Lipinski definition) is 0. The quantitative estimate of drug-likeness (QED) is 0.486. The van der Waals surface area contributed by atoms with Crippen molar-refractivity contribution in [2.24, 2.45) is 0 Å². The van der Waals surface area contributed by atoms with Crippen molar-refractivity contribution in [3.63, 3.8) is 0 Å². The molecule has 0 atom stereocenters. The van der Waals surface area contributed by atoms with Crippen LogP contribution in [0.2, 0.25) is 10.0 Å². The maximum Gasteiger partial charge on any atom is 0.297 e. The number of nitrogens with zero attached hydrogens (tertiary/aromatic N) is 3. The van der Waals surface area contributed by atoms with Crippen LogP contribution in [0, 0.1) is 0 Å². The predicted octanol–water partition coefficient (Wildman–Crippen LogP) is 4.77. The summed E-state index contributed by atoms with van der Waals surface area (Å²) in [5, 5.41) is 1.81. The van der Waals surface area contributed by atoms with Crippen molar-refractivity contribution in [3.05, 3.63) is 67.8 Å². The molecule has 136 valence electrons. The third kappa shape index (κ3) is 2.73. The van der Waals surface area contributed by atoms with Crippen LogP contribution < -0.4 is 5.56 Å². The second kappa shape index (κ2) is 6.36. The molecule has 3 heterocycles. The number of benzene rings is 1. The van der Waals surface area contributed by atoms with Gasteiger partial charge < -0.3 is 4.42 Å². The van der Waals surface area contributed by atoms with E-state index in [-0.39, 0.29) is 17.7 Å². The highest BCUT2D eigenvalue weighted by Gasteiger charge is 2.19. The Hall–Kier alpha value is -2.37. The minimum Gasteiger partial charge on any atom is -0.430 e. The van der Waals surface area contributed by atoms with E-state index in [4.69, 9.17) is 27.6 Å². The Kier molecular flexibility index (Phi) is 3.95. The van der Waals surface area contributed by atoms with E-state index in [1.54, 1.807) is 18.2 Å². The van der Waals surface area contributed by atoms with Gasteiger partial charge >= 0.3 is 0 Å². The van der Waals surface area contributed by atoms with Gasteiger partial charge in [-0.25, -0.2) is 9.97 Å². The Morgan fingerprint density at radius 3 is 2.74 bits per heavy atom. The molecule has 0 saturated heterocycles. The monoisotopic (exact) mass is 399 g/mol. The van der Waals surface area contributed by atoms with Gasteiger partial charge in [-0.1, -0.05) is 29.3 Å². The average molecular weight is 400 g/mol. The van der Waals surface area contributed by atoms with Crippen molar-refractivity contribution in [1.82, 2.24) is 14.5 Å². The molecule has 0 unspecified atom stereocenters. The molecule has 0 spiro atoms. The molecule has 3 aromatic heterocycles. The van der Waals surface area contributed by atoms with E-state index in [1.807, 2.05) is 0 Å². The predicted molar refractivity (Wildman–Crippen MR) is 106 cm³/mol. The first-order valence-electron chi connectivity index (χ1n) is 8.85. The fraction of sp³-hybridized carbons (Fsp3) is 0.250. The summed E-state index contributed by atoms with van der Waals surface area (Å²) in [6.45, 7) is 0.223.